The molecule has 4 heteroatoms. The zero-order chi connectivity index (χ0) is 11.5. The lowest BCUT2D eigenvalue weighted by atomic mass is 9.82. The van der Waals surface area contributed by atoms with Gasteiger partial charge in [-0.1, -0.05) is 13.8 Å². The molecule has 1 atom stereocenters. The molecule has 3 N–H and O–H groups in total. The first kappa shape index (κ1) is 12.5. The summed E-state index contributed by atoms with van der Waals surface area (Å²) < 4.78 is 0. The van der Waals surface area contributed by atoms with E-state index in [0.29, 0.717) is 18.4 Å². The fourth-order valence-electron chi connectivity index (χ4n) is 2.06. The maximum atomic E-state index is 11.1. The molecule has 1 heterocycles. The topological polar surface area (TPSA) is 66.6 Å². The van der Waals surface area contributed by atoms with Gasteiger partial charge in [-0.25, -0.2) is 0 Å². The van der Waals surface area contributed by atoms with Crippen molar-refractivity contribution in [2.75, 3.05) is 19.6 Å². The van der Waals surface area contributed by atoms with Crippen LogP contribution in [0.2, 0.25) is 0 Å². The van der Waals surface area contributed by atoms with Crippen LogP contribution in [0.1, 0.15) is 33.1 Å². The first-order chi connectivity index (χ1) is 6.96. The van der Waals surface area contributed by atoms with Gasteiger partial charge < -0.3 is 10.8 Å². The van der Waals surface area contributed by atoms with Gasteiger partial charge in [0.05, 0.1) is 0 Å². The van der Waals surface area contributed by atoms with Crippen LogP contribution in [0.3, 0.4) is 0 Å². The highest BCUT2D eigenvalue weighted by molar-refractivity contribution is 5.73. The molecule has 0 aromatic rings. The summed E-state index contributed by atoms with van der Waals surface area (Å²) in [5, 5.41) is 9.09. The molecular weight excluding hydrogens is 192 g/mol. The third-order valence-corrected chi connectivity index (χ3v) is 3.32. The van der Waals surface area contributed by atoms with Crippen LogP contribution >= 0.6 is 0 Å². The Kier molecular flexibility index (Phi) is 4.11. The van der Waals surface area contributed by atoms with Crippen molar-refractivity contribution in [1.82, 2.24) is 4.90 Å². The van der Waals surface area contributed by atoms with Gasteiger partial charge >= 0.3 is 5.97 Å². The maximum Gasteiger partial charge on any atom is 0.320 e. The highest BCUT2D eigenvalue weighted by Gasteiger charge is 2.31. The smallest absolute Gasteiger partial charge is 0.320 e. The number of aliphatic carboxylic acids is 1. The Labute approximate surface area is 91.4 Å². The summed E-state index contributed by atoms with van der Waals surface area (Å²) >= 11 is 0. The zero-order valence-corrected chi connectivity index (χ0v) is 9.70. The Morgan fingerprint density at radius 3 is 2.40 bits per heavy atom. The third-order valence-electron chi connectivity index (χ3n) is 3.32. The number of carboxylic acid groups (broad SMARTS) is 1. The van der Waals surface area contributed by atoms with Gasteiger partial charge in [0.15, 0.2) is 0 Å². The second-order valence-electron chi connectivity index (χ2n) is 5.13. The van der Waals surface area contributed by atoms with E-state index in [1.807, 2.05) is 0 Å². The molecule has 1 aliphatic rings. The zero-order valence-electron chi connectivity index (χ0n) is 9.70. The molecule has 0 radical (unpaired) electrons. The van der Waals surface area contributed by atoms with Crippen molar-refractivity contribution in [2.45, 2.75) is 39.2 Å². The third kappa shape index (κ3) is 3.47. The van der Waals surface area contributed by atoms with E-state index in [0.717, 1.165) is 25.9 Å². The molecule has 0 aliphatic carbocycles. The van der Waals surface area contributed by atoms with Crippen LogP contribution in [0.25, 0.3) is 0 Å². The Balaban J connectivity index is 2.52. The van der Waals surface area contributed by atoms with Crippen LogP contribution < -0.4 is 5.73 Å². The predicted molar refractivity (Wildman–Crippen MR) is 59.7 cm³/mol. The summed E-state index contributed by atoms with van der Waals surface area (Å²) in [6, 6.07) is -0.383. The molecule has 88 valence electrons. The fraction of sp³-hybridized carbons (Fsp3) is 0.909. The van der Waals surface area contributed by atoms with Crippen LogP contribution in [0.15, 0.2) is 0 Å². The molecule has 0 aromatic carbocycles. The monoisotopic (exact) mass is 214 g/mol. The number of nitrogens with two attached hydrogens (primary N) is 1. The Hall–Kier alpha value is -0.610. The van der Waals surface area contributed by atoms with E-state index in [2.05, 4.69) is 18.7 Å². The molecular formula is C11H22N2O2. The minimum atomic E-state index is -0.736. The van der Waals surface area contributed by atoms with Gasteiger partial charge in [-0.15, -0.1) is 0 Å². The van der Waals surface area contributed by atoms with E-state index < -0.39 is 5.97 Å². The average Bonchev–Trinajstić information content (AvgIpc) is 2.14. The molecule has 0 bridgehead atoms. The minimum Gasteiger partial charge on any atom is -0.480 e. The second-order valence-corrected chi connectivity index (χ2v) is 5.13. The highest BCUT2D eigenvalue weighted by Crippen LogP contribution is 2.30. The van der Waals surface area contributed by atoms with Gasteiger partial charge in [0, 0.05) is 0 Å². The summed E-state index contributed by atoms with van der Waals surface area (Å²) in [6.45, 7) is 6.68. The number of piperidine rings is 1. The van der Waals surface area contributed by atoms with E-state index in [1.54, 1.807) is 0 Å². The van der Waals surface area contributed by atoms with Gasteiger partial charge in [0.25, 0.3) is 0 Å². The Morgan fingerprint density at radius 2 is 2.00 bits per heavy atom. The van der Waals surface area contributed by atoms with E-state index in [-0.39, 0.29) is 6.04 Å². The number of hydrogen-bond acceptors (Lipinski definition) is 3. The molecule has 0 amide bonds. The highest BCUT2D eigenvalue weighted by atomic mass is 16.4. The van der Waals surface area contributed by atoms with Crippen LogP contribution in [-0.2, 0) is 4.79 Å². The van der Waals surface area contributed by atoms with Crippen molar-refractivity contribution < 1.29 is 9.90 Å². The second kappa shape index (κ2) is 4.94. The van der Waals surface area contributed by atoms with Gasteiger partial charge in [-0.3, -0.25) is 9.69 Å². The number of nitrogens with zero attached hydrogens (tertiary/aromatic N) is 1. The Bertz CT molecular complexity index is 219. The molecule has 1 unspecified atom stereocenters. The van der Waals surface area contributed by atoms with Gasteiger partial charge in [-0.05, 0) is 44.3 Å². The molecule has 0 saturated carbocycles. The standard InChI is InChI=1S/C11H22N2O2/c1-11(2)4-7-13(8-5-11)9(3-6-12)10(14)15/h9H,3-8,12H2,1-2H3,(H,14,15). The van der Waals surface area contributed by atoms with Crippen LogP contribution in [0.4, 0.5) is 0 Å². The molecule has 1 saturated heterocycles. The van der Waals surface area contributed by atoms with Crippen molar-refractivity contribution in [3.63, 3.8) is 0 Å². The van der Waals surface area contributed by atoms with Crippen molar-refractivity contribution in [2.24, 2.45) is 11.1 Å². The summed E-state index contributed by atoms with van der Waals surface area (Å²) in [6.07, 6.45) is 2.69. The fourth-order valence-corrected chi connectivity index (χ4v) is 2.06. The first-order valence-electron chi connectivity index (χ1n) is 5.63. The molecule has 1 aliphatic heterocycles. The minimum absolute atomic E-state index is 0.363. The van der Waals surface area contributed by atoms with Gasteiger partial charge in [-0.2, -0.15) is 0 Å². The van der Waals surface area contributed by atoms with E-state index in [1.165, 1.54) is 0 Å². The summed E-state index contributed by atoms with van der Waals surface area (Å²) in [4.78, 5) is 13.1. The number of rotatable bonds is 4. The van der Waals surface area contributed by atoms with Crippen LogP contribution in [-0.4, -0.2) is 41.7 Å². The molecule has 15 heavy (non-hydrogen) atoms. The lowest BCUT2D eigenvalue weighted by Gasteiger charge is -2.39. The lowest BCUT2D eigenvalue weighted by Crippen LogP contribution is -2.48. The number of carboxylic acids is 1. The van der Waals surface area contributed by atoms with Crippen molar-refractivity contribution in [1.29, 1.82) is 0 Å². The lowest BCUT2D eigenvalue weighted by molar-refractivity contribution is -0.144. The molecule has 0 aromatic heterocycles. The summed E-state index contributed by atoms with van der Waals surface area (Å²) in [5.74, 6) is -0.736. The van der Waals surface area contributed by atoms with E-state index in [9.17, 15) is 4.79 Å². The quantitative estimate of drug-likeness (QED) is 0.730. The molecule has 0 spiro atoms. The SMILES string of the molecule is CC1(C)CCN(C(CCN)C(=O)O)CC1. The molecule has 4 nitrogen and oxygen atoms in total. The van der Waals surface area contributed by atoms with Gasteiger partial charge in [0.1, 0.15) is 6.04 Å². The number of likely N-dealkylation sites (tertiary alicyclic amines) is 1. The molecule has 1 fully saturated rings. The average molecular weight is 214 g/mol. The normalized spacial score (nSPS) is 23.7. The maximum absolute atomic E-state index is 11.1. The van der Waals surface area contributed by atoms with Crippen molar-refractivity contribution >= 4 is 5.97 Å². The Morgan fingerprint density at radius 1 is 1.47 bits per heavy atom. The van der Waals surface area contributed by atoms with E-state index >= 15 is 0 Å². The van der Waals surface area contributed by atoms with Crippen LogP contribution in [0.5, 0.6) is 0 Å². The molecule has 1 rings (SSSR count). The largest absolute Gasteiger partial charge is 0.480 e. The summed E-state index contributed by atoms with van der Waals surface area (Å²) in [7, 11) is 0. The van der Waals surface area contributed by atoms with Gasteiger partial charge in [0.2, 0.25) is 0 Å². The van der Waals surface area contributed by atoms with Crippen molar-refractivity contribution in [3.8, 4) is 0 Å². The number of hydrogen-bond donors (Lipinski definition) is 2. The van der Waals surface area contributed by atoms with E-state index in [4.69, 9.17) is 10.8 Å². The first-order valence-corrected chi connectivity index (χ1v) is 5.63. The summed E-state index contributed by atoms with van der Waals surface area (Å²) in [5.41, 5.74) is 5.80. The van der Waals surface area contributed by atoms with Crippen molar-refractivity contribution in [3.05, 3.63) is 0 Å². The predicted octanol–water partition coefficient (Wildman–Crippen LogP) is 0.910. The number of carbonyl (C=O) groups is 1. The van der Waals surface area contributed by atoms with Crippen LogP contribution in [0, 0.1) is 5.41 Å².